The number of fused-ring (bicyclic) bond motifs is 1. The Morgan fingerprint density at radius 1 is 0.878 bits per heavy atom. The molecule has 0 aromatic heterocycles. The molecule has 5 N–H and O–H groups in total. The van der Waals surface area contributed by atoms with E-state index in [0.29, 0.717) is 19.4 Å². The van der Waals surface area contributed by atoms with Gasteiger partial charge in [0.25, 0.3) is 5.78 Å². The number of carbonyl (C=O) groups excluding carboxylic acids is 4. The number of halogens is 3. The van der Waals surface area contributed by atoms with Crippen LogP contribution in [0.5, 0.6) is 0 Å². The minimum Gasteiger partial charge on any atom is -0.445 e. The van der Waals surface area contributed by atoms with Crippen molar-refractivity contribution in [2.24, 2.45) is 11.8 Å². The van der Waals surface area contributed by atoms with Gasteiger partial charge in [0.15, 0.2) is 0 Å². The van der Waals surface area contributed by atoms with Gasteiger partial charge in [0, 0.05) is 12.3 Å². The smallest absolute Gasteiger partial charge is 0.445 e. The van der Waals surface area contributed by atoms with E-state index in [1.165, 1.54) is 0 Å². The van der Waals surface area contributed by atoms with Crippen molar-refractivity contribution in [1.82, 2.24) is 21.3 Å². The number of alkyl carbamates (subject to hydrolysis) is 1. The van der Waals surface area contributed by atoms with Crippen LogP contribution < -0.4 is 21.3 Å². The predicted octanol–water partition coefficient (Wildman–Crippen LogP) is 4.53. The van der Waals surface area contributed by atoms with Crippen LogP contribution in [0.2, 0.25) is 0 Å². The van der Waals surface area contributed by atoms with E-state index in [-0.39, 0.29) is 25.4 Å². The van der Waals surface area contributed by atoms with Gasteiger partial charge in [-0.05, 0) is 60.0 Å². The van der Waals surface area contributed by atoms with E-state index in [2.05, 4.69) is 21.3 Å². The molecular formula is C36H43F3N4O6. The van der Waals surface area contributed by atoms with E-state index in [0.717, 1.165) is 21.9 Å². The number of benzene rings is 3. The second-order valence-corrected chi connectivity index (χ2v) is 12.8. The number of hydrogen-bond donors (Lipinski definition) is 5. The molecule has 1 unspecified atom stereocenters. The summed E-state index contributed by atoms with van der Waals surface area (Å²) in [5, 5.41) is 22.2. The molecule has 13 heteroatoms. The Kier molecular flexibility index (Phi) is 13.1. The summed E-state index contributed by atoms with van der Waals surface area (Å²) in [7, 11) is 0. The Hall–Kier alpha value is -4.49. The molecule has 1 aliphatic heterocycles. The summed E-state index contributed by atoms with van der Waals surface area (Å²) in [5.41, 5.74) is 1.45. The van der Waals surface area contributed by atoms with E-state index < -0.39 is 66.6 Å². The molecule has 0 radical (unpaired) electrons. The highest BCUT2D eigenvalue weighted by Crippen LogP contribution is 2.26. The normalized spacial score (nSPS) is 18.3. The van der Waals surface area contributed by atoms with E-state index >= 15 is 0 Å². The van der Waals surface area contributed by atoms with Gasteiger partial charge in [0.1, 0.15) is 24.9 Å². The van der Waals surface area contributed by atoms with Gasteiger partial charge >= 0.3 is 12.3 Å². The first-order valence-corrected chi connectivity index (χ1v) is 16.4. The third kappa shape index (κ3) is 11.0. The predicted molar refractivity (Wildman–Crippen MR) is 177 cm³/mol. The zero-order valence-electron chi connectivity index (χ0n) is 27.5. The molecule has 5 atom stereocenters. The van der Waals surface area contributed by atoms with Crippen LogP contribution in [0.25, 0.3) is 10.8 Å². The van der Waals surface area contributed by atoms with Crippen LogP contribution in [-0.4, -0.2) is 65.9 Å². The first-order chi connectivity index (χ1) is 23.3. The third-order valence-electron chi connectivity index (χ3n) is 8.47. The van der Waals surface area contributed by atoms with Crippen molar-refractivity contribution >= 4 is 34.5 Å². The third-order valence-corrected chi connectivity index (χ3v) is 8.47. The van der Waals surface area contributed by atoms with Crippen LogP contribution in [0.3, 0.4) is 0 Å². The molecule has 4 rings (SSSR count). The highest BCUT2D eigenvalue weighted by atomic mass is 19.4. The highest BCUT2D eigenvalue weighted by molar-refractivity contribution is 5.96. The number of rotatable bonds is 14. The molecule has 3 aromatic carbocycles. The van der Waals surface area contributed by atoms with Gasteiger partial charge in [-0.3, -0.25) is 19.7 Å². The van der Waals surface area contributed by atoms with Crippen molar-refractivity contribution in [2.45, 2.75) is 83.1 Å². The fraction of sp³-hybridized carbons (Fsp3) is 0.444. The molecule has 1 fully saturated rings. The number of amides is 3. The summed E-state index contributed by atoms with van der Waals surface area (Å²) < 4.78 is 46.3. The van der Waals surface area contributed by atoms with Crippen LogP contribution in [0.1, 0.15) is 50.7 Å². The molecule has 1 heterocycles. The number of alkyl halides is 3. The molecule has 3 aromatic rings. The fourth-order valence-electron chi connectivity index (χ4n) is 5.97. The van der Waals surface area contributed by atoms with Gasteiger partial charge < -0.3 is 25.8 Å². The molecule has 10 nitrogen and oxygen atoms in total. The second kappa shape index (κ2) is 17.3. The summed E-state index contributed by atoms with van der Waals surface area (Å²) in [5.74, 6) is -4.81. The number of aliphatic hydroxyl groups is 1. The Morgan fingerprint density at radius 2 is 1.53 bits per heavy atom. The van der Waals surface area contributed by atoms with E-state index in [9.17, 15) is 37.5 Å². The Bertz CT molecular complexity index is 1580. The van der Waals surface area contributed by atoms with Crippen molar-refractivity contribution in [1.29, 1.82) is 0 Å². The highest BCUT2D eigenvalue weighted by Gasteiger charge is 2.46. The van der Waals surface area contributed by atoms with Crippen LogP contribution in [-0.2, 0) is 32.1 Å². The van der Waals surface area contributed by atoms with Crippen LogP contribution in [0.4, 0.5) is 18.0 Å². The zero-order valence-corrected chi connectivity index (χ0v) is 27.5. The number of carbonyl (C=O) groups is 4. The maximum Gasteiger partial charge on any atom is 0.452 e. The maximum atomic E-state index is 13.9. The van der Waals surface area contributed by atoms with E-state index in [1.807, 2.05) is 42.5 Å². The summed E-state index contributed by atoms with van der Waals surface area (Å²) in [6.07, 6.45) is -6.74. The topological polar surface area (TPSA) is 146 Å². The van der Waals surface area contributed by atoms with Crippen molar-refractivity contribution in [2.75, 3.05) is 6.54 Å². The summed E-state index contributed by atoms with van der Waals surface area (Å²) >= 11 is 0. The first kappa shape index (κ1) is 37.3. The number of Topliss-reactive ketones (excluding diaryl/α,β-unsaturated/α-hetero) is 1. The molecule has 0 bridgehead atoms. The first-order valence-electron chi connectivity index (χ1n) is 16.4. The van der Waals surface area contributed by atoms with Crippen molar-refractivity contribution in [3.05, 3.63) is 83.9 Å². The minimum atomic E-state index is -5.24. The summed E-state index contributed by atoms with van der Waals surface area (Å²) in [4.78, 5) is 52.9. The second-order valence-electron chi connectivity index (χ2n) is 12.8. The van der Waals surface area contributed by atoms with Crippen LogP contribution >= 0.6 is 0 Å². The average molecular weight is 685 g/mol. The van der Waals surface area contributed by atoms with Crippen molar-refractivity contribution in [3.63, 3.8) is 0 Å². The van der Waals surface area contributed by atoms with Crippen molar-refractivity contribution < 1.29 is 42.2 Å². The standard InChI is InChI=1S/C36H43F3N4O6/c1-22(2)18-29(33(46)41-28(31(44)36(37,38)39)20-26-15-9-17-40-32(26)45)42-34(47)30(43-35(48)49-21-23-10-4-3-5-11-23)19-25-14-8-13-24-12-6-7-16-27(24)25/h3-8,10-14,16,22,26,28-30,32,40,45H,9,15,17-21H2,1-2H3,(H,41,46)(H,42,47)(H,43,48)/t26-,28-,29-,30-,32?/m0/s1. The number of nitrogens with one attached hydrogen (secondary N) is 4. The molecule has 3 amide bonds. The lowest BCUT2D eigenvalue weighted by Crippen LogP contribution is -2.58. The SMILES string of the molecule is CC(C)C[C@H](NC(=O)[C@H](Cc1cccc2ccccc12)NC(=O)OCc1ccccc1)C(=O)N[C@@H](C[C@@H]1CCCNC1O)C(=O)C(F)(F)F. The monoisotopic (exact) mass is 684 g/mol. The quantitative estimate of drug-likeness (QED) is 0.168. The van der Waals surface area contributed by atoms with E-state index in [1.54, 1.807) is 44.2 Å². The Morgan fingerprint density at radius 3 is 2.22 bits per heavy atom. The number of ketones is 1. The molecule has 0 aliphatic carbocycles. The fourth-order valence-corrected chi connectivity index (χ4v) is 5.97. The van der Waals surface area contributed by atoms with Gasteiger partial charge in [-0.1, -0.05) is 86.6 Å². The van der Waals surface area contributed by atoms with Crippen LogP contribution in [0, 0.1) is 11.8 Å². The van der Waals surface area contributed by atoms with Crippen LogP contribution in [0.15, 0.2) is 72.8 Å². The van der Waals surface area contributed by atoms with Crippen molar-refractivity contribution in [3.8, 4) is 0 Å². The molecule has 264 valence electrons. The molecule has 49 heavy (non-hydrogen) atoms. The number of piperidine rings is 1. The zero-order chi connectivity index (χ0) is 35.6. The molecular weight excluding hydrogens is 641 g/mol. The van der Waals surface area contributed by atoms with Gasteiger partial charge in [0.2, 0.25) is 11.8 Å². The van der Waals surface area contributed by atoms with Gasteiger partial charge in [-0.25, -0.2) is 4.79 Å². The van der Waals surface area contributed by atoms with Gasteiger partial charge in [0.05, 0.1) is 6.04 Å². The summed E-state index contributed by atoms with van der Waals surface area (Å²) in [6.45, 7) is 3.94. The lowest BCUT2D eigenvalue weighted by molar-refractivity contribution is -0.174. The average Bonchev–Trinajstić information content (AvgIpc) is 3.07. The van der Waals surface area contributed by atoms with E-state index in [4.69, 9.17) is 4.74 Å². The largest absolute Gasteiger partial charge is 0.452 e. The van der Waals surface area contributed by atoms with Gasteiger partial charge in [-0.15, -0.1) is 0 Å². The molecule has 0 spiro atoms. The minimum absolute atomic E-state index is 0.00535. The number of ether oxygens (including phenoxy) is 1. The Balaban J connectivity index is 1.56. The summed E-state index contributed by atoms with van der Waals surface area (Å²) in [6, 6.07) is 17.4. The number of aliphatic hydroxyl groups excluding tert-OH is 1. The van der Waals surface area contributed by atoms with Gasteiger partial charge in [-0.2, -0.15) is 13.2 Å². The molecule has 0 saturated carbocycles. The number of hydrogen-bond acceptors (Lipinski definition) is 7. The molecule has 1 aliphatic rings. The lowest BCUT2D eigenvalue weighted by atomic mass is 9.88. The maximum absolute atomic E-state index is 13.9. The Labute approximate surface area is 283 Å². The lowest BCUT2D eigenvalue weighted by Gasteiger charge is -2.32. The molecule has 1 saturated heterocycles.